The van der Waals surface area contributed by atoms with Crippen LogP contribution in [-0.4, -0.2) is 15.9 Å². The molecule has 2 rings (SSSR count). The predicted octanol–water partition coefficient (Wildman–Crippen LogP) is 2.69. The molecular weight excluding hydrogens is 238 g/mol. The van der Waals surface area contributed by atoms with Gasteiger partial charge in [-0.05, 0) is 30.7 Å². The third kappa shape index (κ3) is 2.79. The van der Waals surface area contributed by atoms with Crippen molar-refractivity contribution in [1.82, 2.24) is 9.97 Å². The van der Waals surface area contributed by atoms with E-state index in [1.807, 2.05) is 13.0 Å². The van der Waals surface area contributed by atoms with E-state index in [4.69, 9.17) is 11.6 Å². The molecule has 2 aromatic rings. The Hall–Kier alpha value is -1.94. The first kappa shape index (κ1) is 11.5. The van der Waals surface area contributed by atoms with Crippen LogP contribution in [0.4, 0.5) is 5.69 Å². The van der Waals surface area contributed by atoms with Crippen LogP contribution >= 0.6 is 11.6 Å². The zero-order chi connectivity index (χ0) is 12.3. The van der Waals surface area contributed by atoms with Gasteiger partial charge < -0.3 is 5.32 Å². The number of amides is 1. The maximum atomic E-state index is 11.9. The van der Waals surface area contributed by atoms with Gasteiger partial charge in [-0.3, -0.25) is 9.78 Å². The third-order valence-electron chi connectivity index (χ3n) is 2.21. The molecule has 0 aromatic carbocycles. The van der Waals surface area contributed by atoms with Crippen LogP contribution in [0.3, 0.4) is 0 Å². The van der Waals surface area contributed by atoms with E-state index in [0.29, 0.717) is 16.5 Å². The maximum Gasteiger partial charge on any atom is 0.274 e. The van der Waals surface area contributed by atoms with Crippen LogP contribution in [-0.2, 0) is 0 Å². The lowest BCUT2D eigenvalue weighted by atomic mass is 10.2. The number of pyridine rings is 2. The summed E-state index contributed by atoms with van der Waals surface area (Å²) in [6, 6.07) is 6.92. The Morgan fingerprint density at radius 1 is 1.29 bits per heavy atom. The minimum absolute atomic E-state index is 0.257. The third-order valence-corrected chi connectivity index (χ3v) is 2.43. The van der Waals surface area contributed by atoms with Crippen LogP contribution in [0.25, 0.3) is 0 Å². The number of nitrogens with zero attached hydrogens (tertiary/aromatic N) is 2. The van der Waals surface area contributed by atoms with E-state index in [1.54, 1.807) is 24.4 Å². The average molecular weight is 248 g/mol. The summed E-state index contributed by atoms with van der Waals surface area (Å²) in [7, 11) is 0. The number of hydrogen-bond donors (Lipinski definition) is 1. The molecule has 0 unspecified atom stereocenters. The molecule has 4 nitrogen and oxygen atoms in total. The van der Waals surface area contributed by atoms with E-state index in [9.17, 15) is 4.79 Å². The quantitative estimate of drug-likeness (QED) is 0.830. The first-order valence-electron chi connectivity index (χ1n) is 5.01. The summed E-state index contributed by atoms with van der Waals surface area (Å²) >= 11 is 5.65. The monoisotopic (exact) mass is 247 g/mol. The summed E-state index contributed by atoms with van der Waals surface area (Å²) in [6.45, 7) is 1.84. The Bertz CT molecular complexity index is 540. The number of carbonyl (C=O) groups is 1. The molecule has 17 heavy (non-hydrogen) atoms. The normalized spacial score (nSPS) is 10.0. The van der Waals surface area contributed by atoms with Crippen LogP contribution in [0.1, 0.15) is 16.1 Å². The molecule has 0 aliphatic carbocycles. The molecule has 0 radical (unpaired) electrons. The van der Waals surface area contributed by atoms with Gasteiger partial charge in [-0.15, -0.1) is 0 Å². The lowest BCUT2D eigenvalue weighted by molar-refractivity contribution is 0.102. The van der Waals surface area contributed by atoms with Crippen molar-refractivity contribution in [3.05, 3.63) is 53.1 Å². The van der Waals surface area contributed by atoms with Gasteiger partial charge in [0.25, 0.3) is 5.91 Å². The molecule has 0 aliphatic heterocycles. The molecule has 0 atom stereocenters. The molecular formula is C12H10ClN3O. The van der Waals surface area contributed by atoms with Gasteiger partial charge in [0.1, 0.15) is 10.8 Å². The topological polar surface area (TPSA) is 54.9 Å². The van der Waals surface area contributed by atoms with Gasteiger partial charge in [-0.1, -0.05) is 17.7 Å². The van der Waals surface area contributed by atoms with Crippen molar-refractivity contribution in [3.8, 4) is 0 Å². The van der Waals surface area contributed by atoms with Crippen LogP contribution in [0.15, 0.2) is 36.7 Å². The molecule has 1 amide bonds. The highest BCUT2D eigenvalue weighted by atomic mass is 35.5. The summed E-state index contributed by atoms with van der Waals surface area (Å²) in [5.41, 5.74) is 1.82. The number of carbonyl (C=O) groups excluding carboxylic acids is 1. The number of nitrogens with one attached hydrogen (secondary N) is 1. The number of rotatable bonds is 2. The van der Waals surface area contributed by atoms with Gasteiger partial charge in [-0.25, -0.2) is 4.98 Å². The summed E-state index contributed by atoms with van der Waals surface area (Å²) in [5.74, 6) is -0.257. The number of anilines is 1. The molecule has 0 bridgehead atoms. The number of aryl methyl sites for hydroxylation is 1. The lowest BCUT2D eigenvalue weighted by Crippen LogP contribution is -2.15. The predicted molar refractivity (Wildman–Crippen MR) is 66.2 cm³/mol. The molecule has 0 fully saturated rings. The molecule has 0 spiro atoms. The Morgan fingerprint density at radius 2 is 2.12 bits per heavy atom. The van der Waals surface area contributed by atoms with Crippen LogP contribution < -0.4 is 5.32 Å². The van der Waals surface area contributed by atoms with Gasteiger partial charge in [0.05, 0.1) is 11.9 Å². The summed E-state index contributed by atoms with van der Waals surface area (Å²) in [5, 5.41) is 3.09. The second kappa shape index (κ2) is 4.93. The van der Waals surface area contributed by atoms with E-state index < -0.39 is 0 Å². The minimum Gasteiger partial charge on any atom is -0.319 e. The Balaban J connectivity index is 2.17. The van der Waals surface area contributed by atoms with Crippen molar-refractivity contribution in [2.24, 2.45) is 0 Å². The highest BCUT2D eigenvalue weighted by Gasteiger charge is 2.10. The molecule has 86 valence electrons. The lowest BCUT2D eigenvalue weighted by Gasteiger charge is -2.05. The molecule has 2 aromatic heterocycles. The van der Waals surface area contributed by atoms with Crippen molar-refractivity contribution in [3.63, 3.8) is 0 Å². The van der Waals surface area contributed by atoms with Gasteiger partial charge >= 0.3 is 0 Å². The van der Waals surface area contributed by atoms with Gasteiger partial charge in [0, 0.05) is 6.20 Å². The molecule has 0 saturated carbocycles. The molecule has 0 saturated heterocycles. The first-order valence-corrected chi connectivity index (χ1v) is 5.39. The largest absolute Gasteiger partial charge is 0.319 e. The van der Waals surface area contributed by atoms with Crippen LogP contribution in [0.5, 0.6) is 0 Å². The SMILES string of the molecule is Cc1cccnc1C(=O)Nc1ccc(Cl)nc1. The van der Waals surface area contributed by atoms with Crippen molar-refractivity contribution in [2.75, 3.05) is 5.32 Å². The van der Waals surface area contributed by atoms with Crippen LogP contribution in [0.2, 0.25) is 5.15 Å². The van der Waals surface area contributed by atoms with E-state index in [0.717, 1.165) is 5.56 Å². The Kier molecular flexibility index (Phi) is 3.35. The zero-order valence-electron chi connectivity index (χ0n) is 9.14. The van der Waals surface area contributed by atoms with Crippen molar-refractivity contribution >= 4 is 23.2 Å². The fourth-order valence-electron chi connectivity index (χ4n) is 1.36. The van der Waals surface area contributed by atoms with Crippen molar-refractivity contribution < 1.29 is 4.79 Å². The summed E-state index contributed by atoms with van der Waals surface area (Å²) < 4.78 is 0. The van der Waals surface area contributed by atoms with E-state index >= 15 is 0 Å². The van der Waals surface area contributed by atoms with Crippen molar-refractivity contribution in [2.45, 2.75) is 6.92 Å². The van der Waals surface area contributed by atoms with Crippen LogP contribution in [0, 0.1) is 6.92 Å². The Labute approximate surface area is 104 Å². The molecule has 5 heteroatoms. The fourth-order valence-corrected chi connectivity index (χ4v) is 1.48. The van der Waals surface area contributed by atoms with E-state index in [2.05, 4.69) is 15.3 Å². The van der Waals surface area contributed by atoms with Gasteiger partial charge in [0.15, 0.2) is 0 Å². The zero-order valence-corrected chi connectivity index (χ0v) is 9.90. The number of halogens is 1. The maximum absolute atomic E-state index is 11.9. The smallest absolute Gasteiger partial charge is 0.274 e. The second-order valence-electron chi connectivity index (χ2n) is 3.49. The summed E-state index contributed by atoms with van der Waals surface area (Å²) in [6.07, 6.45) is 3.08. The second-order valence-corrected chi connectivity index (χ2v) is 3.88. The number of aromatic nitrogens is 2. The van der Waals surface area contributed by atoms with E-state index in [1.165, 1.54) is 6.20 Å². The highest BCUT2D eigenvalue weighted by molar-refractivity contribution is 6.29. The van der Waals surface area contributed by atoms with Gasteiger partial charge in [0.2, 0.25) is 0 Å². The summed E-state index contributed by atoms with van der Waals surface area (Å²) in [4.78, 5) is 19.8. The first-order chi connectivity index (χ1) is 8.16. The number of hydrogen-bond acceptors (Lipinski definition) is 3. The van der Waals surface area contributed by atoms with E-state index in [-0.39, 0.29) is 5.91 Å². The fraction of sp³-hybridized carbons (Fsp3) is 0.0833. The molecule has 0 aliphatic rings. The highest BCUT2D eigenvalue weighted by Crippen LogP contribution is 2.11. The molecule has 1 N–H and O–H groups in total. The average Bonchev–Trinajstić information content (AvgIpc) is 2.32. The van der Waals surface area contributed by atoms with Gasteiger partial charge in [-0.2, -0.15) is 0 Å². The minimum atomic E-state index is -0.257. The Morgan fingerprint density at radius 3 is 2.76 bits per heavy atom. The van der Waals surface area contributed by atoms with Crippen molar-refractivity contribution in [1.29, 1.82) is 0 Å². The standard InChI is InChI=1S/C12H10ClN3O/c1-8-3-2-6-14-11(8)12(17)16-9-4-5-10(13)15-7-9/h2-7H,1H3,(H,16,17). The molecule has 2 heterocycles.